The van der Waals surface area contributed by atoms with E-state index in [0.717, 1.165) is 29.9 Å². The van der Waals surface area contributed by atoms with Crippen molar-refractivity contribution in [3.05, 3.63) is 35.5 Å². The predicted molar refractivity (Wildman–Crippen MR) is 77.2 cm³/mol. The first kappa shape index (κ1) is 12.7. The molecule has 1 aliphatic heterocycles. The molecule has 0 spiro atoms. The molecule has 1 aromatic heterocycles. The van der Waals surface area contributed by atoms with Crippen molar-refractivity contribution in [2.75, 3.05) is 18.0 Å². The second-order valence-corrected chi connectivity index (χ2v) is 5.19. The van der Waals surface area contributed by atoms with E-state index in [2.05, 4.69) is 33.3 Å². The maximum Gasteiger partial charge on any atom is 0.353 e. The Morgan fingerprint density at radius 2 is 2.05 bits per heavy atom. The van der Waals surface area contributed by atoms with Crippen molar-refractivity contribution in [3.63, 3.8) is 0 Å². The van der Waals surface area contributed by atoms with Crippen molar-refractivity contribution < 1.29 is 9.90 Å². The van der Waals surface area contributed by atoms with Crippen molar-refractivity contribution in [2.45, 2.75) is 19.8 Å². The number of nitrogens with one attached hydrogen (secondary N) is 1. The number of rotatable bonds is 3. The molecule has 0 unspecified atom stereocenters. The van der Waals surface area contributed by atoms with Crippen LogP contribution in [0.1, 0.15) is 28.9 Å². The summed E-state index contributed by atoms with van der Waals surface area (Å²) >= 11 is 0. The van der Waals surface area contributed by atoms with Gasteiger partial charge < -0.3 is 10.0 Å². The van der Waals surface area contributed by atoms with Gasteiger partial charge >= 0.3 is 5.97 Å². The third-order valence-electron chi connectivity index (χ3n) is 3.68. The van der Waals surface area contributed by atoms with Crippen LogP contribution in [0.15, 0.2) is 24.3 Å². The Labute approximate surface area is 117 Å². The Kier molecular flexibility index (Phi) is 3.18. The molecular formula is C15H17N3O2. The van der Waals surface area contributed by atoms with Gasteiger partial charge in [0.1, 0.15) is 5.69 Å². The van der Waals surface area contributed by atoms with Crippen molar-refractivity contribution in [3.8, 4) is 11.3 Å². The number of anilines is 1. The first-order valence-electron chi connectivity index (χ1n) is 6.80. The monoisotopic (exact) mass is 271 g/mol. The van der Waals surface area contributed by atoms with Gasteiger partial charge in [-0.3, -0.25) is 5.10 Å². The second-order valence-electron chi connectivity index (χ2n) is 5.19. The van der Waals surface area contributed by atoms with Crippen LogP contribution in [0.4, 0.5) is 5.69 Å². The number of hydrogen-bond donors (Lipinski definition) is 2. The van der Waals surface area contributed by atoms with E-state index in [1.54, 1.807) is 6.07 Å². The van der Waals surface area contributed by atoms with Gasteiger partial charge in [-0.05, 0) is 38.0 Å². The summed E-state index contributed by atoms with van der Waals surface area (Å²) in [6, 6.07) is 7.85. The lowest BCUT2D eigenvalue weighted by Gasteiger charge is -2.21. The van der Waals surface area contributed by atoms with Gasteiger partial charge in [0.15, 0.2) is 0 Å². The smallest absolute Gasteiger partial charge is 0.353 e. The van der Waals surface area contributed by atoms with E-state index in [-0.39, 0.29) is 5.69 Å². The molecule has 2 aromatic rings. The number of H-pyrrole nitrogens is 1. The molecule has 0 bridgehead atoms. The molecule has 1 saturated heterocycles. The lowest BCUT2D eigenvalue weighted by Crippen LogP contribution is -2.18. The lowest BCUT2D eigenvalue weighted by molar-refractivity contribution is 0.0690. The van der Waals surface area contributed by atoms with Crippen LogP contribution in [-0.4, -0.2) is 34.4 Å². The fraction of sp³-hybridized carbons (Fsp3) is 0.333. The minimum absolute atomic E-state index is 0.119. The highest BCUT2D eigenvalue weighted by Gasteiger charge is 2.19. The molecule has 5 heteroatoms. The molecule has 20 heavy (non-hydrogen) atoms. The van der Waals surface area contributed by atoms with E-state index in [1.807, 2.05) is 6.92 Å². The van der Waals surface area contributed by atoms with Gasteiger partial charge in [0, 0.05) is 24.3 Å². The molecule has 5 nitrogen and oxygen atoms in total. The predicted octanol–water partition coefficient (Wildman–Crippen LogP) is 2.68. The molecule has 0 aliphatic carbocycles. The number of aromatic carboxylic acids is 1. The summed E-state index contributed by atoms with van der Waals surface area (Å²) in [6.07, 6.45) is 2.41. The average Bonchev–Trinajstić information content (AvgIpc) is 3.10. The first-order chi connectivity index (χ1) is 9.65. The third kappa shape index (κ3) is 2.27. The Morgan fingerprint density at radius 1 is 1.30 bits per heavy atom. The maximum atomic E-state index is 11.0. The number of hydrogen-bond acceptors (Lipinski definition) is 3. The zero-order chi connectivity index (χ0) is 14.1. The Bertz CT molecular complexity index is 642. The van der Waals surface area contributed by atoms with E-state index in [4.69, 9.17) is 5.11 Å². The fourth-order valence-electron chi connectivity index (χ4n) is 2.66. The maximum absolute atomic E-state index is 11.0. The van der Waals surface area contributed by atoms with Crippen molar-refractivity contribution in [2.24, 2.45) is 0 Å². The summed E-state index contributed by atoms with van der Waals surface area (Å²) in [5.74, 6) is -0.987. The van der Waals surface area contributed by atoms with Gasteiger partial charge in [0.25, 0.3) is 0 Å². The highest BCUT2D eigenvalue weighted by atomic mass is 16.4. The third-order valence-corrected chi connectivity index (χ3v) is 3.68. The molecule has 2 N–H and O–H groups in total. The van der Waals surface area contributed by atoms with Crippen LogP contribution in [0.2, 0.25) is 0 Å². The summed E-state index contributed by atoms with van der Waals surface area (Å²) in [4.78, 5) is 13.3. The molecule has 0 radical (unpaired) electrons. The average molecular weight is 271 g/mol. The van der Waals surface area contributed by atoms with Crippen LogP contribution in [-0.2, 0) is 0 Å². The summed E-state index contributed by atoms with van der Waals surface area (Å²) in [5, 5.41) is 15.7. The van der Waals surface area contributed by atoms with Crippen molar-refractivity contribution >= 4 is 11.7 Å². The highest BCUT2D eigenvalue weighted by molar-refractivity contribution is 5.88. The highest BCUT2D eigenvalue weighted by Crippen LogP contribution is 2.33. The molecule has 1 aromatic carbocycles. The first-order valence-corrected chi connectivity index (χ1v) is 6.80. The zero-order valence-electron chi connectivity index (χ0n) is 11.4. The topological polar surface area (TPSA) is 69.2 Å². The molecule has 0 amide bonds. The number of aromatic amines is 1. The Balaban J connectivity index is 2.05. The molecule has 1 aliphatic rings. The molecule has 0 atom stereocenters. The number of carboxylic acids is 1. The minimum Gasteiger partial charge on any atom is -0.477 e. The number of benzene rings is 1. The number of nitrogens with zero attached hydrogens (tertiary/aromatic N) is 2. The van der Waals surface area contributed by atoms with Gasteiger partial charge in [-0.25, -0.2) is 4.79 Å². The normalized spacial score (nSPS) is 14.8. The van der Waals surface area contributed by atoms with Crippen LogP contribution in [0.25, 0.3) is 11.3 Å². The fourth-order valence-corrected chi connectivity index (χ4v) is 2.66. The standard InChI is InChI=1S/C15H17N3O2/c1-10-4-5-14(18-6-2-3-7-18)11(8-10)12-9-13(15(19)20)17-16-12/h4-5,8-9H,2-3,6-7H2,1H3,(H,16,17)(H,19,20). The van der Waals surface area contributed by atoms with Crippen LogP contribution < -0.4 is 4.90 Å². The van der Waals surface area contributed by atoms with E-state index in [1.165, 1.54) is 12.8 Å². The molecular weight excluding hydrogens is 254 g/mol. The molecule has 104 valence electrons. The number of carbonyl (C=O) groups is 1. The van der Waals surface area contributed by atoms with Crippen molar-refractivity contribution in [1.82, 2.24) is 10.2 Å². The largest absolute Gasteiger partial charge is 0.477 e. The van der Waals surface area contributed by atoms with Gasteiger partial charge in [-0.15, -0.1) is 0 Å². The van der Waals surface area contributed by atoms with Crippen LogP contribution in [0.5, 0.6) is 0 Å². The molecule has 1 fully saturated rings. The van der Waals surface area contributed by atoms with Crippen LogP contribution in [0.3, 0.4) is 0 Å². The van der Waals surface area contributed by atoms with Gasteiger partial charge in [0.05, 0.1) is 5.69 Å². The van der Waals surface area contributed by atoms with E-state index < -0.39 is 5.97 Å². The second kappa shape index (κ2) is 5.00. The van der Waals surface area contributed by atoms with E-state index in [0.29, 0.717) is 5.69 Å². The number of aryl methyl sites for hydroxylation is 1. The summed E-state index contributed by atoms with van der Waals surface area (Å²) < 4.78 is 0. The van der Waals surface area contributed by atoms with Gasteiger partial charge in [-0.2, -0.15) is 5.10 Å². The molecule has 3 rings (SSSR count). The van der Waals surface area contributed by atoms with Crippen LogP contribution in [0, 0.1) is 6.92 Å². The van der Waals surface area contributed by atoms with Crippen molar-refractivity contribution in [1.29, 1.82) is 0 Å². The minimum atomic E-state index is -0.987. The zero-order valence-corrected chi connectivity index (χ0v) is 11.4. The molecule has 0 saturated carbocycles. The van der Waals surface area contributed by atoms with Gasteiger partial charge in [-0.1, -0.05) is 11.6 Å². The quantitative estimate of drug-likeness (QED) is 0.900. The lowest BCUT2D eigenvalue weighted by atomic mass is 10.1. The number of carboxylic acid groups (broad SMARTS) is 1. The van der Waals surface area contributed by atoms with E-state index >= 15 is 0 Å². The van der Waals surface area contributed by atoms with Crippen LogP contribution >= 0.6 is 0 Å². The van der Waals surface area contributed by atoms with E-state index in [9.17, 15) is 4.79 Å². The Hall–Kier alpha value is -2.30. The molecule has 2 heterocycles. The Morgan fingerprint density at radius 3 is 2.70 bits per heavy atom. The summed E-state index contributed by atoms with van der Waals surface area (Å²) in [6.45, 7) is 4.13. The number of aromatic nitrogens is 2. The summed E-state index contributed by atoms with van der Waals surface area (Å²) in [7, 11) is 0. The van der Waals surface area contributed by atoms with Gasteiger partial charge in [0.2, 0.25) is 0 Å². The SMILES string of the molecule is Cc1ccc(N2CCCC2)c(-c2cc(C(=O)O)[nH]n2)c1. The summed E-state index contributed by atoms with van der Waals surface area (Å²) in [5.41, 5.74) is 4.08.